The molecular formula is C13H16O3. The van der Waals surface area contributed by atoms with Crippen molar-refractivity contribution in [3.8, 4) is 0 Å². The van der Waals surface area contributed by atoms with Gasteiger partial charge in [-0.15, -0.1) is 0 Å². The van der Waals surface area contributed by atoms with Gasteiger partial charge in [0.1, 0.15) is 0 Å². The predicted octanol–water partition coefficient (Wildman–Crippen LogP) is 2.89. The fourth-order valence-corrected chi connectivity index (χ4v) is 2.45. The molecule has 0 saturated heterocycles. The maximum absolute atomic E-state index is 10.9. The summed E-state index contributed by atoms with van der Waals surface area (Å²) in [5.41, 5.74) is 1.58. The van der Waals surface area contributed by atoms with Crippen molar-refractivity contribution < 1.29 is 14.6 Å². The summed E-state index contributed by atoms with van der Waals surface area (Å²) in [5, 5.41) is 8.98. The van der Waals surface area contributed by atoms with Gasteiger partial charge in [-0.1, -0.05) is 6.07 Å². The van der Waals surface area contributed by atoms with Crippen LogP contribution in [0.2, 0.25) is 0 Å². The molecule has 16 heavy (non-hydrogen) atoms. The van der Waals surface area contributed by atoms with Crippen LogP contribution in [0, 0.1) is 0 Å². The number of fused-ring (bicyclic) bond motifs is 1. The van der Waals surface area contributed by atoms with E-state index in [9.17, 15) is 4.79 Å². The highest BCUT2D eigenvalue weighted by Gasteiger charge is 2.43. The highest BCUT2D eigenvalue weighted by Crippen LogP contribution is 2.46. The Morgan fingerprint density at radius 3 is 2.25 bits per heavy atom. The monoisotopic (exact) mass is 220 g/mol. The van der Waals surface area contributed by atoms with Crippen LogP contribution in [-0.4, -0.2) is 11.1 Å². The number of carbonyl (C=O) groups is 1. The molecule has 3 nitrogen and oxygen atoms in total. The number of hydrogen-bond donors (Lipinski definition) is 1. The Morgan fingerprint density at radius 1 is 1.12 bits per heavy atom. The molecule has 86 valence electrons. The first-order valence-corrected chi connectivity index (χ1v) is 5.32. The van der Waals surface area contributed by atoms with E-state index < -0.39 is 11.6 Å². The fraction of sp³-hybridized carbons (Fsp3) is 0.462. The first kappa shape index (κ1) is 11.1. The number of benzene rings is 1. The molecule has 1 aromatic carbocycles. The fourth-order valence-electron chi connectivity index (χ4n) is 2.45. The molecule has 0 unspecified atom stereocenters. The molecule has 1 heterocycles. The smallest absolute Gasteiger partial charge is 0.335 e. The van der Waals surface area contributed by atoms with E-state index in [0.717, 1.165) is 11.1 Å². The zero-order valence-electron chi connectivity index (χ0n) is 10.00. The topological polar surface area (TPSA) is 46.5 Å². The lowest BCUT2D eigenvalue weighted by molar-refractivity contribution is -0.105. The third-order valence-corrected chi connectivity index (χ3v) is 3.07. The summed E-state index contributed by atoms with van der Waals surface area (Å²) in [7, 11) is 0. The van der Waals surface area contributed by atoms with Crippen LogP contribution in [0.3, 0.4) is 0 Å². The van der Waals surface area contributed by atoms with Gasteiger partial charge in [0, 0.05) is 0 Å². The van der Waals surface area contributed by atoms with Gasteiger partial charge in [-0.05, 0) is 51.0 Å². The summed E-state index contributed by atoms with van der Waals surface area (Å²) in [6.07, 6.45) is 0. The lowest BCUT2D eigenvalue weighted by Crippen LogP contribution is -2.22. The molecule has 0 fully saturated rings. The lowest BCUT2D eigenvalue weighted by Gasteiger charge is -2.24. The van der Waals surface area contributed by atoms with Crippen molar-refractivity contribution in [3.05, 3.63) is 34.9 Å². The highest BCUT2D eigenvalue weighted by atomic mass is 16.5. The maximum Gasteiger partial charge on any atom is 0.335 e. The van der Waals surface area contributed by atoms with Gasteiger partial charge < -0.3 is 9.84 Å². The molecule has 1 aliphatic rings. The van der Waals surface area contributed by atoms with Crippen molar-refractivity contribution in [2.45, 2.75) is 38.9 Å². The molecule has 0 radical (unpaired) electrons. The number of ether oxygens (including phenoxy) is 1. The number of rotatable bonds is 1. The zero-order chi connectivity index (χ0) is 12.1. The van der Waals surface area contributed by atoms with Gasteiger partial charge in [0.25, 0.3) is 0 Å². The van der Waals surface area contributed by atoms with E-state index >= 15 is 0 Å². The van der Waals surface area contributed by atoms with Crippen LogP contribution in [-0.2, 0) is 15.9 Å². The molecule has 1 aromatic rings. The van der Waals surface area contributed by atoms with Gasteiger partial charge in [0.05, 0.1) is 16.8 Å². The van der Waals surface area contributed by atoms with E-state index in [1.807, 2.05) is 33.8 Å². The Bertz CT molecular complexity index is 458. The Labute approximate surface area is 95.0 Å². The van der Waals surface area contributed by atoms with Crippen LogP contribution >= 0.6 is 0 Å². The Morgan fingerprint density at radius 2 is 1.69 bits per heavy atom. The third kappa shape index (κ3) is 1.52. The molecule has 1 N–H and O–H groups in total. The van der Waals surface area contributed by atoms with Crippen LogP contribution in [0.25, 0.3) is 0 Å². The zero-order valence-corrected chi connectivity index (χ0v) is 10.00. The second-order valence-electron chi connectivity index (χ2n) is 5.19. The van der Waals surface area contributed by atoms with Crippen LogP contribution in [0.4, 0.5) is 0 Å². The van der Waals surface area contributed by atoms with Crippen LogP contribution < -0.4 is 0 Å². The van der Waals surface area contributed by atoms with Crippen molar-refractivity contribution in [1.29, 1.82) is 0 Å². The average molecular weight is 220 g/mol. The molecule has 3 heteroatoms. The number of carboxylic acids is 1. The van der Waals surface area contributed by atoms with Gasteiger partial charge in [0.15, 0.2) is 0 Å². The molecule has 2 rings (SSSR count). The summed E-state index contributed by atoms with van der Waals surface area (Å²) in [5.74, 6) is -0.900. The summed E-state index contributed by atoms with van der Waals surface area (Å²) in [6, 6.07) is 5.20. The second-order valence-corrected chi connectivity index (χ2v) is 5.19. The van der Waals surface area contributed by atoms with Crippen LogP contribution in [0.5, 0.6) is 0 Å². The quantitative estimate of drug-likeness (QED) is 0.791. The molecule has 0 amide bonds. The van der Waals surface area contributed by atoms with Crippen LogP contribution in [0.1, 0.15) is 49.2 Å². The van der Waals surface area contributed by atoms with E-state index in [4.69, 9.17) is 9.84 Å². The summed E-state index contributed by atoms with van der Waals surface area (Å²) < 4.78 is 5.95. The van der Waals surface area contributed by atoms with Crippen molar-refractivity contribution in [1.82, 2.24) is 0 Å². The molecular weight excluding hydrogens is 204 g/mol. The van der Waals surface area contributed by atoms with Gasteiger partial charge in [-0.25, -0.2) is 4.79 Å². The highest BCUT2D eigenvalue weighted by molar-refractivity contribution is 5.88. The molecule has 0 saturated carbocycles. The first-order chi connectivity index (χ1) is 7.24. The van der Waals surface area contributed by atoms with E-state index in [0.29, 0.717) is 5.56 Å². The van der Waals surface area contributed by atoms with Crippen molar-refractivity contribution in [2.24, 2.45) is 0 Å². The minimum atomic E-state index is -0.900. The normalized spacial score (nSPS) is 20.5. The van der Waals surface area contributed by atoms with Crippen LogP contribution in [0.15, 0.2) is 18.2 Å². The first-order valence-electron chi connectivity index (χ1n) is 5.32. The molecule has 0 atom stereocenters. The third-order valence-electron chi connectivity index (χ3n) is 3.07. The number of carboxylic acid groups (broad SMARTS) is 1. The van der Waals surface area contributed by atoms with Gasteiger partial charge in [0.2, 0.25) is 0 Å². The Balaban J connectivity index is 2.63. The number of hydrogen-bond acceptors (Lipinski definition) is 2. The predicted molar refractivity (Wildman–Crippen MR) is 60.5 cm³/mol. The SMILES string of the molecule is CC1(C)OC(C)(C)c2cc(C(=O)O)ccc21. The van der Waals surface area contributed by atoms with E-state index in [1.54, 1.807) is 12.1 Å². The molecule has 1 aliphatic heterocycles. The van der Waals surface area contributed by atoms with Crippen molar-refractivity contribution in [2.75, 3.05) is 0 Å². The Hall–Kier alpha value is -1.35. The molecule has 0 bridgehead atoms. The van der Waals surface area contributed by atoms with E-state index in [2.05, 4.69) is 0 Å². The Kier molecular flexibility index (Phi) is 2.14. The largest absolute Gasteiger partial charge is 0.478 e. The summed E-state index contributed by atoms with van der Waals surface area (Å²) in [4.78, 5) is 10.9. The van der Waals surface area contributed by atoms with Gasteiger partial charge >= 0.3 is 5.97 Å². The van der Waals surface area contributed by atoms with Crippen molar-refractivity contribution in [3.63, 3.8) is 0 Å². The minimum Gasteiger partial charge on any atom is -0.478 e. The number of aromatic carboxylic acids is 1. The summed E-state index contributed by atoms with van der Waals surface area (Å²) in [6.45, 7) is 7.93. The lowest BCUT2D eigenvalue weighted by atomic mass is 9.89. The maximum atomic E-state index is 10.9. The van der Waals surface area contributed by atoms with Crippen molar-refractivity contribution >= 4 is 5.97 Å². The van der Waals surface area contributed by atoms with Gasteiger partial charge in [-0.2, -0.15) is 0 Å². The van der Waals surface area contributed by atoms with Gasteiger partial charge in [-0.3, -0.25) is 0 Å². The minimum absolute atomic E-state index is 0.313. The second kappa shape index (κ2) is 3.08. The summed E-state index contributed by atoms with van der Waals surface area (Å²) >= 11 is 0. The van der Waals surface area contributed by atoms with E-state index in [-0.39, 0.29) is 5.60 Å². The average Bonchev–Trinajstić information content (AvgIpc) is 2.32. The molecule has 0 spiro atoms. The standard InChI is InChI=1S/C13H16O3/c1-12(2)9-6-5-8(11(14)15)7-10(9)13(3,4)16-12/h5-7H,1-4H3,(H,14,15). The molecule has 0 aliphatic carbocycles. The molecule has 0 aromatic heterocycles. The van der Waals surface area contributed by atoms with E-state index in [1.165, 1.54) is 0 Å².